The molecule has 4 aromatic rings. The van der Waals surface area contributed by atoms with Gasteiger partial charge in [-0.25, -0.2) is 9.07 Å². The Kier molecular flexibility index (Phi) is 7.30. The second-order valence-electron chi connectivity index (χ2n) is 9.01. The third-order valence-electron chi connectivity index (χ3n) is 6.03. The van der Waals surface area contributed by atoms with E-state index < -0.39 is 29.2 Å². The van der Waals surface area contributed by atoms with Gasteiger partial charge in [0.1, 0.15) is 23.9 Å². The molecule has 0 saturated heterocycles. The van der Waals surface area contributed by atoms with Gasteiger partial charge in [-0.3, -0.25) is 19.5 Å². The van der Waals surface area contributed by atoms with Crippen molar-refractivity contribution in [1.29, 1.82) is 0 Å². The van der Waals surface area contributed by atoms with Crippen molar-refractivity contribution in [3.63, 3.8) is 0 Å². The summed E-state index contributed by atoms with van der Waals surface area (Å²) in [4.78, 5) is 33.0. The van der Waals surface area contributed by atoms with E-state index in [1.54, 1.807) is 36.7 Å². The van der Waals surface area contributed by atoms with Crippen molar-refractivity contribution in [2.24, 2.45) is 0 Å². The third kappa shape index (κ3) is 5.36. The van der Waals surface area contributed by atoms with Crippen molar-refractivity contribution in [1.82, 2.24) is 25.3 Å². The first-order chi connectivity index (χ1) is 17.2. The zero-order valence-electron chi connectivity index (χ0n) is 20.2. The van der Waals surface area contributed by atoms with E-state index in [-0.39, 0.29) is 17.3 Å². The average Bonchev–Trinajstić information content (AvgIpc) is 3.27. The van der Waals surface area contributed by atoms with Crippen LogP contribution in [-0.2, 0) is 16.1 Å². The number of nitrogens with one attached hydrogen (secondary N) is 1. The number of anilines is 1. The number of fused-ring (bicyclic) bond motifs is 1. The summed E-state index contributed by atoms with van der Waals surface area (Å²) in [6.45, 7) is 5.55. The Bertz CT molecular complexity index is 1390. The van der Waals surface area contributed by atoms with Crippen molar-refractivity contribution in [3.8, 4) is 0 Å². The number of carbonyl (C=O) groups excluding carboxylic acids is 2. The second kappa shape index (κ2) is 10.4. The first-order valence-corrected chi connectivity index (χ1v) is 11.9. The van der Waals surface area contributed by atoms with Crippen LogP contribution in [0.2, 0.25) is 5.02 Å². The summed E-state index contributed by atoms with van der Waals surface area (Å²) in [5.41, 5.74) is 1.57. The summed E-state index contributed by atoms with van der Waals surface area (Å²) in [6, 6.07) is 13.4. The molecular formula is C26H26ClFN6O2. The maximum absolute atomic E-state index is 14.0. The number of aromatic nitrogens is 4. The summed E-state index contributed by atoms with van der Waals surface area (Å²) >= 11 is 6.09. The lowest BCUT2D eigenvalue weighted by Crippen LogP contribution is -2.51. The molecule has 2 aromatic carbocycles. The fraction of sp³-hybridized carbons (Fsp3) is 0.269. The normalized spacial score (nSPS) is 12.4. The zero-order valence-corrected chi connectivity index (χ0v) is 20.9. The molecule has 0 fully saturated rings. The van der Waals surface area contributed by atoms with Crippen molar-refractivity contribution in [2.75, 3.05) is 4.90 Å². The van der Waals surface area contributed by atoms with E-state index in [2.05, 4.69) is 20.6 Å². The summed E-state index contributed by atoms with van der Waals surface area (Å²) < 4.78 is 15.5. The van der Waals surface area contributed by atoms with E-state index in [1.165, 1.54) is 27.8 Å². The molecule has 4 rings (SSSR count). The van der Waals surface area contributed by atoms with Gasteiger partial charge in [0.25, 0.3) is 0 Å². The number of para-hydroxylation sites is 1. The molecule has 8 nitrogen and oxygen atoms in total. The fourth-order valence-corrected chi connectivity index (χ4v) is 3.94. The summed E-state index contributed by atoms with van der Waals surface area (Å²) in [5, 5.41) is 11.1. The number of rotatable bonds is 8. The molecule has 0 spiro atoms. The first kappa shape index (κ1) is 25.2. The molecular weight excluding hydrogens is 483 g/mol. The predicted octanol–water partition coefficient (Wildman–Crippen LogP) is 4.70. The molecule has 0 radical (unpaired) electrons. The van der Waals surface area contributed by atoms with E-state index in [4.69, 9.17) is 11.6 Å². The maximum Gasteiger partial charge on any atom is 0.249 e. The predicted molar refractivity (Wildman–Crippen MR) is 136 cm³/mol. The van der Waals surface area contributed by atoms with E-state index in [0.29, 0.717) is 23.0 Å². The molecule has 0 aliphatic rings. The molecule has 1 atom stereocenters. The average molecular weight is 509 g/mol. The molecule has 2 heterocycles. The highest BCUT2D eigenvalue weighted by Crippen LogP contribution is 2.32. The number of nitrogens with zero attached hydrogens (tertiary/aromatic N) is 5. The molecule has 2 aromatic heterocycles. The number of amides is 2. The Morgan fingerprint density at radius 1 is 1.14 bits per heavy atom. The Morgan fingerprint density at radius 3 is 2.56 bits per heavy atom. The van der Waals surface area contributed by atoms with Gasteiger partial charge in [0, 0.05) is 23.6 Å². The highest BCUT2D eigenvalue weighted by atomic mass is 35.5. The Hall–Kier alpha value is -3.85. The zero-order chi connectivity index (χ0) is 25.9. The Morgan fingerprint density at radius 2 is 1.86 bits per heavy atom. The molecule has 10 heteroatoms. The lowest BCUT2D eigenvalue weighted by Gasteiger charge is -2.34. The molecule has 0 unspecified atom stereocenters. The lowest BCUT2D eigenvalue weighted by molar-refractivity contribution is -0.128. The standard InChI is InChI=1S/C26H26ClFN6O2/c1-4-26(2,3)30-25(36)24(17-11-13-29-14-12-17)34(18-9-10-20(28)19(27)15-18)23(35)16-33-22-8-6-5-7-21(22)31-32-33/h5-15,24H,4,16H2,1-3H3,(H,30,36)/t24-/m0/s1. The fourth-order valence-electron chi connectivity index (χ4n) is 3.76. The third-order valence-corrected chi connectivity index (χ3v) is 6.32. The van der Waals surface area contributed by atoms with Crippen molar-refractivity contribution < 1.29 is 14.0 Å². The smallest absolute Gasteiger partial charge is 0.249 e. The Labute approximate surface area is 213 Å². The van der Waals surface area contributed by atoms with Gasteiger partial charge in [-0.05, 0) is 68.3 Å². The van der Waals surface area contributed by atoms with Crippen molar-refractivity contribution in [3.05, 3.63) is 83.4 Å². The summed E-state index contributed by atoms with van der Waals surface area (Å²) in [7, 11) is 0. The van der Waals surface area contributed by atoms with Gasteiger partial charge in [-0.15, -0.1) is 5.10 Å². The minimum atomic E-state index is -1.08. The quantitative estimate of drug-likeness (QED) is 0.372. The summed E-state index contributed by atoms with van der Waals surface area (Å²) in [5.74, 6) is -1.49. The largest absolute Gasteiger partial charge is 0.349 e. The molecule has 0 aliphatic carbocycles. The van der Waals surface area contributed by atoms with Crippen LogP contribution in [-0.4, -0.2) is 37.3 Å². The van der Waals surface area contributed by atoms with Crippen LogP contribution < -0.4 is 10.2 Å². The number of benzene rings is 2. The van der Waals surface area contributed by atoms with Crippen LogP contribution in [0.1, 0.15) is 38.8 Å². The molecule has 186 valence electrons. The van der Waals surface area contributed by atoms with E-state index in [1.807, 2.05) is 32.9 Å². The number of carbonyl (C=O) groups is 2. The van der Waals surface area contributed by atoms with Crippen LogP contribution in [0.4, 0.5) is 10.1 Å². The summed E-state index contributed by atoms with van der Waals surface area (Å²) in [6.07, 6.45) is 3.76. The van der Waals surface area contributed by atoms with E-state index >= 15 is 0 Å². The van der Waals surface area contributed by atoms with E-state index in [9.17, 15) is 14.0 Å². The number of hydrogen-bond donors (Lipinski definition) is 1. The molecule has 0 saturated carbocycles. The van der Waals surface area contributed by atoms with Crippen LogP contribution in [0.3, 0.4) is 0 Å². The van der Waals surface area contributed by atoms with Crippen LogP contribution in [0.5, 0.6) is 0 Å². The first-order valence-electron chi connectivity index (χ1n) is 11.5. The molecule has 0 bridgehead atoms. The van der Waals surface area contributed by atoms with Crippen LogP contribution >= 0.6 is 11.6 Å². The SMILES string of the molecule is CCC(C)(C)NC(=O)[C@H](c1ccncc1)N(C(=O)Cn1nnc2ccccc21)c1ccc(F)c(Cl)c1. The van der Waals surface area contributed by atoms with Gasteiger partial charge in [-0.1, -0.05) is 35.9 Å². The topological polar surface area (TPSA) is 93.0 Å². The highest BCUT2D eigenvalue weighted by Gasteiger charge is 2.35. The van der Waals surface area contributed by atoms with Crippen molar-refractivity contribution in [2.45, 2.75) is 45.3 Å². The van der Waals surface area contributed by atoms with Gasteiger partial charge in [0.2, 0.25) is 11.8 Å². The van der Waals surface area contributed by atoms with Crippen LogP contribution in [0, 0.1) is 5.82 Å². The van der Waals surface area contributed by atoms with Crippen LogP contribution in [0.25, 0.3) is 11.0 Å². The van der Waals surface area contributed by atoms with Gasteiger partial charge in [-0.2, -0.15) is 0 Å². The second-order valence-corrected chi connectivity index (χ2v) is 9.41. The molecule has 36 heavy (non-hydrogen) atoms. The number of hydrogen-bond acceptors (Lipinski definition) is 5. The van der Waals surface area contributed by atoms with Gasteiger partial charge in [0.15, 0.2) is 0 Å². The van der Waals surface area contributed by atoms with Crippen molar-refractivity contribution >= 4 is 40.1 Å². The van der Waals surface area contributed by atoms with E-state index in [0.717, 1.165) is 0 Å². The molecule has 2 amide bonds. The molecule has 0 aliphatic heterocycles. The van der Waals surface area contributed by atoms with Gasteiger partial charge < -0.3 is 5.32 Å². The number of halogens is 2. The highest BCUT2D eigenvalue weighted by molar-refractivity contribution is 6.31. The lowest BCUT2D eigenvalue weighted by atomic mass is 9.98. The van der Waals surface area contributed by atoms with Gasteiger partial charge in [0.05, 0.1) is 10.5 Å². The molecule has 1 N–H and O–H groups in total. The number of pyridine rings is 1. The minimum absolute atomic E-state index is 0.167. The van der Waals surface area contributed by atoms with Gasteiger partial charge >= 0.3 is 0 Å². The Balaban J connectivity index is 1.82. The minimum Gasteiger partial charge on any atom is -0.349 e. The maximum atomic E-state index is 14.0. The van der Waals surface area contributed by atoms with Crippen LogP contribution in [0.15, 0.2) is 67.0 Å². The monoisotopic (exact) mass is 508 g/mol.